The van der Waals surface area contributed by atoms with Crippen LogP contribution >= 0.6 is 0 Å². The lowest BCUT2D eigenvalue weighted by Gasteiger charge is -2.25. The number of Topliss-reactive ketones (excluding diaryl/α,β-unsaturated/α-hetero) is 1. The number of ketones is 1. The van der Waals surface area contributed by atoms with Crippen molar-refractivity contribution in [2.45, 2.75) is 52.0 Å². The zero-order valence-corrected chi connectivity index (χ0v) is 16.3. The molecule has 0 aromatic carbocycles. The summed E-state index contributed by atoms with van der Waals surface area (Å²) >= 11 is 0. The van der Waals surface area contributed by atoms with E-state index in [9.17, 15) is 32.3 Å². The van der Waals surface area contributed by atoms with E-state index < -0.39 is 60.7 Å². The monoisotopic (exact) mass is 435 g/mol. The van der Waals surface area contributed by atoms with Gasteiger partial charge in [-0.1, -0.05) is 0 Å². The molecule has 0 unspecified atom stereocenters. The van der Waals surface area contributed by atoms with E-state index in [0.29, 0.717) is 0 Å². The van der Waals surface area contributed by atoms with Gasteiger partial charge in [0.25, 0.3) is 0 Å². The molecule has 0 aliphatic carbocycles. The maximum atomic E-state index is 13.1. The van der Waals surface area contributed by atoms with Crippen LogP contribution in [0.4, 0.5) is 19.0 Å². The molecule has 0 saturated carbocycles. The first-order valence-corrected chi connectivity index (χ1v) is 8.77. The molecule has 1 fully saturated rings. The number of aromatic nitrogens is 2. The maximum Gasteiger partial charge on any atom is 0.522 e. The van der Waals surface area contributed by atoms with E-state index in [4.69, 9.17) is 9.47 Å². The van der Waals surface area contributed by atoms with Crippen molar-refractivity contribution in [2.24, 2.45) is 5.92 Å². The van der Waals surface area contributed by atoms with Crippen LogP contribution in [0.15, 0.2) is 17.1 Å². The summed E-state index contributed by atoms with van der Waals surface area (Å²) in [4.78, 5) is 49.8. The van der Waals surface area contributed by atoms with Crippen molar-refractivity contribution in [3.8, 4) is 0 Å². The lowest BCUT2D eigenvalue weighted by atomic mass is 9.92. The standard InChI is InChI=1S/C17H20F3N3O7/c1-8(24)6-11-12(7-28-10(3)26)29-15(14(11)30-17(18,19)20)23-5-4-13(21-9(2)25)22-16(23)27/h4-5,11-12,14-15H,6-7H2,1-3H3,(H,21,22,25,27)/t11-,12-,14-,15-/m1/s1. The first-order chi connectivity index (χ1) is 13.9. The molecule has 1 saturated heterocycles. The molecule has 166 valence electrons. The predicted octanol–water partition coefficient (Wildman–Crippen LogP) is 1.16. The highest BCUT2D eigenvalue weighted by molar-refractivity contribution is 5.87. The third-order valence-corrected chi connectivity index (χ3v) is 4.15. The lowest BCUT2D eigenvalue weighted by molar-refractivity contribution is -0.353. The highest BCUT2D eigenvalue weighted by Gasteiger charge is 2.51. The first kappa shape index (κ1) is 23.5. The smallest absolute Gasteiger partial charge is 0.463 e. The Balaban J connectivity index is 2.43. The van der Waals surface area contributed by atoms with Gasteiger partial charge < -0.3 is 19.6 Å². The highest BCUT2D eigenvalue weighted by atomic mass is 19.4. The van der Waals surface area contributed by atoms with Gasteiger partial charge in [0.2, 0.25) is 5.91 Å². The first-order valence-electron chi connectivity index (χ1n) is 8.77. The fourth-order valence-corrected chi connectivity index (χ4v) is 3.10. The summed E-state index contributed by atoms with van der Waals surface area (Å²) in [5.41, 5.74) is -1.02. The van der Waals surface area contributed by atoms with Crippen molar-refractivity contribution in [3.63, 3.8) is 0 Å². The van der Waals surface area contributed by atoms with E-state index in [2.05, 4.69) is 15.0 Å². The molecule has 0 radical (unpaired) electrons. The number of amides is 1. The number of rotatable bonds is 7. The van der Waals surface area contributed by atoms with Crippen LogP contribution in [0, 0.1) is 5.92 Å². The maximum absolute atomic E-state index is 13.1. The van der Waals surface area contributed by atoms with Crippen LogP contribution in [0.5, 0.6) is 0 Å². The second kappa shape index (κ2) is 9.34. The number of carbonyl (C=O) groups excluding carboxylic acids is 3. The van der Waals surface area contributed by atoms with E-state index in [-0.39, 0.29) is 12.2 Å². The molecular formula is C17H20F3N3O7. The number of alkyl halides is 3. The van der Waals surface area contributed by atoms with Gasteiger partial charge in [0, 0.05) is 32.4 Å². The number of nitrogens with zero attached hydrogens (tertiary/aromatic N) is 2. The second-order valence-electron chi connectivity index (χ2n) is 6.65. The lowest BCUT2D eigenvalue weighted by Crippen LogP contribution is -2.39. The fraction of sp³-hybridized carbons (Fsp3) is 0.588. The number of carbonyl (C=O) groups is 3. The summed E-state index contributed by atoms with van der Waals surface area (Å²) in [6, 6.07) is 1.19. The minimum absolute atomic E-state index is 0.105. The van der Waals surface area contributed by atoms with Crippen molar-refractivity contribution >= 4 is 23.5 Å². The van der Waals surface area contributed by atoms with Gasteiger partial charge in [-0.15, -0.1) is 13.2 Å². The number of hydrogen-bond donors (Lipinski definition) is 1. The normalized spacial score (nSPS) is 23.8. The van der Waals surface area contributed by atoms with Crippen LogP contribution in [0.2, 0.25) is 0 Å². The third-order valence-electron chi connectivity index (χ3n) is 4.15. The molecule has 10 nitrogen and oxygen atoms in total. The molecule has 0 bridgehead atoms. The summed E-state index contributed by atoms with van der Waals surface area (Å²) in [5.74, 6) is -2.91. The number of halogens is 3. The van der Waals surface area contributed by atoms with E-state index in [1.165, 1.54) is 19.9 Å². The van der Waals surface area contributed by atoms with Crippen molar-refractivity contribution in [1.82, 2.24) is 9.55 Å². The fourth-order valence-electron chi connectivity index (χ4n) is 3.10. The van der Waals surface area contributed by atoms with Crippen molar-refractivity contribution in [3.05, 3.63) is 22.7 Å². The number of esters is 1. The summed E-state index contributed by atoms with van der Waals surface area (Å²) in [6.45, 7) is 3.03. The Morgan fingerprint density at radius 3 is 2.43 bits per heavy atom. The van der Waals surface area contributed by atoms with E-state index in [0.717, 1.165) is 17.7 Å². The van der Waals surface area contributed by atoms with Gasteiger partial charge in [0.05, 0.1) is 0 Å². The Morgan fingerprint density at radius 1 is 1.27 bits per heavy atom. The van der Waals surface area contributed by atoms with Gasteiger partial charge in [-0.25, -0.2) is 4.79 Å². The average molecular weight is 435 g/mol. The quantitative estimate of drug-likeness (QED) is 0.633. The van der Waals surface area contributed by atoms with Crippen LogP contribution < -0.4 is 11.0 Å². The van der Waals surface area contributed by atoms with E-state index in [1.54, 1.807) is 0 Å². The van der Waals surface area contributed by atoms with Crippen molar-refractivity contribution < 1.29 is 41.8 Å². The number of nitrogens with one attached hydrogen (secondary N) is 1. The van der Waals surface area contributed by atoms with Crippen LogP contribution in [-0.4, -0.2) is 52.4 Å². The van der Waals surface area contributed by atoms with Gasteiger partial charge in [-0.3, -0.25) is 18.9 Å². The molecule has 0 spiro atoms. The Morgan fingerprint density at radius 2 is 1.93 bits per heavy atom. The molecule has 1 aliphatic heterocycles. The zero-order valence-electron chi connectivity index (χ0n) is 16.3. The minimum atomic E-state index is -5.09. The van der Waals surface area contributed by atoms with Crippen molar-refractivity contribution in [2.75, 3.05) is 11.9 Å². The predicted molar refractivity (Wildman–Crippen MR) is 93.1 cm³/mol. The summed E-state index contributed by atoms with van der Waals surface area (Å²) in [7, 11) is 0. The second-order valence-corrected chi connectivity index (χ2v) is 6.65. The minimum Gasteiger partial charge on any atom is -0.463 e. The molecule has 1 aliphatic rings. The number of anilines is 1. The molecule has 1 amide bonds. The molecule has 2 rings (SSSR count). The van der Waals surface area contributed by atoms with Crippen LogP contribution in [0.3, 0.4) is 0 Å². The molecular weight excluding hydrogens is 415 g/mol. The Labute approximate surface area is 168 Å². The Hall–Kier alpha value is -2.80. The van der Waals surface area contributed by atoms with Gasteiger partial charge in [0.15, 0.2) is 6.23 Å². The zero-order chi connectivity index (χ0) is 22.6. The van der Waals surface area contributed by atoms with Gasteiger partial charge >= 0.3 is 18.0 Å². The topological polar surface area (TPSA) is 126 Å². The van der Waals surface area contributed by atoms with Crippen LogP contribution in [0.1, 0.15) is 33.4 Å². The van der Waals surface area contributed by atoms with Gasteiger partial charge in [-0.05, 0) is 13.0 Å². The van der Waals surface area contributed by atoms with Gasteiger partial charge in [0.1, 0.15) is 30.4 Å². The Kier molecular flexibility index (Phi) is 7.31. The van der Waals surface area contributed by atoms with Crippen LogP contribution in [0.25, 0.3) is 0 Å². The molecule has 1 N–H and O–H groups in total. The van der Waals surface area contributed by atoms with Crippen molar-refractivity contribution in [1.29, 1.82) is 0 Å². The van der Waals surface area contributed by atoms with E-state index >= 15 is 0 Å². The SMILES string of the molecule is CC(=O)C[C@H]1[C@@H](OC(F)(F)F)[C@H](n2ccc(NC(C)=O)nc2=O)O[C@@H]1COC(C)=O. The molecule has 13 heteroatoms. The molecule has 30 heavy (non-hydrogen) atoms. The molecule has 1 aromatic rings. The summed E-state index contributed by atoms with van der Waals surface area (Å²) < 4.78 is 54.5. The van der Waals surface area contributed by atoms with Gasteiger partial charge in [-0.2, -0.15) is 4.98 Å². The number of hydrogen-bond acceptors (Lipinski definition) is 8. The third kappa shape index (κ3) is 6.35. The largest absolute Gasteiger partial charge is 0.522 e. The number of ether oxygens (including phenoxy) is 3. The highest BCUT2D eigenvalue weighted by Crippen LogP contribution is 2.41. The average Bonchev–Trinajstić information content (AvgIpc) is 2.88. The molecule has 2 heterocycles. The van der Waals surface area contributed by atoms with E-state index in [1.807, 2.05) is 0 Å². The summed E-state index contributed by atoms with van der Waals surface area (Å²) in [5, 5.41) is 2.27. The van der Waals surface area contributed by atoms with Crippen LogP contribution in [-0.2, 0) is 28.6 Å². The molecule has 1 aromatic heterocycles. The molecule has 4 atom stereocenters. The summed E-state index contributed by atoms with van der Waals surface area (Å²) in [6.07, 6.45) is -8.92. The Bertz CT molecular complexity index is 871.